The average Bonchev–Trinajstić information content (AvgIpc) is 2.62. The van der Waals surface area contributed by atoms with E-state index in [1.165, 1.54) is 10.8 Å². The van der Waals surface area contributed by atoms with E-state index in [1.54, 1.807) is 6.08 Å². The second kappa shape index (κ2) is 8.11. The molecule has 0 aromatic heterocycles. The number of amides is 1. The Morgan fingerprint density at radius 1 is 1.17 bits per heavy atom. The summed E-state index contributed by atoms with van der Waals surface area (Å²) in [7, 11) is 0. The highest BCUT2D eigenvalue weighted by molar-refractivity contribution is 5.85. The first-order valence-corrected chi connectivity index (χ1v) is 8.70. The molecule has 126 valence electrons. The zero-order valence-corrected chi connectivity index (χ0v) is 14.1. The van der Waals surface area contributed by atoms with E-state index in [9.17, 15) is 4.79 Å². The molecule has 1 heterocycles. The van der Waals surface area contributed by atoms with E-state index in [1.807, 2.05) is 17.0 Å². The van der Waals surface area contributed by atoms with Crippen LogP contribution in [-0.4, -0.2) is 37.1 Å². The van der Waals surface area contributed by atoms with Gasteiger partial charge in [0.25, 0.3) is 0 Å². The number of nitrogens with zero attached hydrogens (tertiary/aromatic N) is 1. The molecule has 3 heteroatoms. The maximum absolute atomic E-state index is 12.6. The Hall–Kier alpha value is -2.13. The quantitative estimate of drug-likeness (QED) is 0.597. The van der Waals surface area contributed by atoms with Crippen LogP contribution in [-0.2, 0) is 16.0 Å². The third kappa shape index (κ3) is 4.24. The van der Waals surface area contributed by atoms with Crippen LogP contribution in [0.4, 0.5) is 0 Å². The Balaban J connectivity index is 1.52. The molecule has 0 atom stereocenters. The van der Waals surface area contributed by atoms with Crippen LogP contribution < -0.4 is 0 Å². The van der Waals surface area contributed by atoms with Gasteiger partial charge in [0.05, 0.1) is 13.0 Å². The Bertz CT molecular complexity index is 702. The lowest BCUT2D eigenvalue weighted by Crippen LogP contribution is -2.40. The summed E-state index contributed by atoms with van der Waals surface area (Å²) < 4.78 is 5.53. The predicted octanol–water partition coefficient (Wildman–Crippen LogP) is 3.82. The van der Waals surface area contributed by atoms with Gasteiger partial charge >= 0.3 is 0 Å². The molecule has 24 heavy (non-hydrogen) atoms. The van der Waals surface area contributed by atoms with Gasteiger partial charge in [-0.1, -0.05) is 48.5 Å². The van der Waals surface area contributed by atoms with Crippen molar-refractivity contribution in [2.75, 3.05) is 26.3 Å². The van der Waals surface area contributed by atoms with Gasteiger partial charge < -0.3 is 9.64 Å². The van der Waals surface area contributed by atoms with Crippen molar-refractivity contribution in [1.82, 2.24) is 4.90 Å². The van der Waals surface area contributed by atoms with E-state index in [0.29, 0.717) is 18.9 Å². The molecule has 0 unspecified atom stereocenters. The summed E-state index contributed by atoms with van der Waals surface area (Å²) in [6.45, 7) is 6.73. The van der Waals surface area contributed by atoms with Gasteiger partial charge in [0.1, 0.15) is 0 Å². The van der Waals surface area contributed by atoms with Gasteiger partial charge in [-0.15, -0.1) is 6.58 Å². The first-order valence-electron chi connectivity index (χ1n) is 8.70. The van der Waals surface area contributed by atoms with E-state index >= 15 is 0 Å². The van der Waals surface area contributed by atoms with Gasteiger partial charge in [0, 0.05) is 19.7 Å². The minimum Gasteiger partial charge on any atom is -0.377 e. The van der Waals surface area contributed by atoms with Crippen molar-refractivity contribution in [3.8, 4) is 0 Å². The molecule has 0 spiro atoms. The van der Waals surface area contributed by atoms with E-state index in [-0.39, 0.29) is 5.91 Å². The molecule has 0 aliphatic carbocycles. The van der Waals surface area contributed by atoms with Crippen molar-refractivity contribution in [2.24, 2.45) is 5.92 Å². The lowest BCUT2D eigenvalue weighted by molar-refractivity contribution is -0.132. The lowest BCUT2D eigenvalue weighted by Gasteiger charge is -2.32. The summed E-state index contributed by atoms with van der Waals surface area (Å²) >= 11 is 0. The fraction of sp³-hybridized carbons (Fsp3) is 0.381. The molecule has 0 saturated carbocycles. The first kappa shape index (κ1) is 16.7. The van der Waals surface area contributed by atoms with E-state index in [0.717, 1.165) is 38.1 Å². The molecule has 2 aromatic carbocycles. The van der Waals surface area contributed by atoms with Crippen LogP contribution in [0.1, 0.15) is 18.4 Å². The number of likely N-dealkylation sites (tertiary alicyclic amines) is 1. The molecule has 1 aliphatic rings. The van der Waals surface area contributed by atoms with Gasteiger partial charge in [0.2, 0.25) is 5.91 Å². The molecule has 3 nitrogen and oxygen atoms in total. The largest absolute Gasteiger partial charge is 0.377 e. The highest BCUT2D eigenvalue weighted by Gasteiger charge is 2.22. The van der Waals surface area contributed by atoms with Gasteiger partial charge in [-0.3, -0.25) is 4.79 Å². The average molecular weight is 323 g/mol. The molecule has 2 aromatic rings. The summed E-state index contributed by atoms with van der Waals surface area (Å²) in [4.78, 5) is 14.6. The number of hydrogen-bond acceptors (Lipinski definition) is 2. The van der Waals surface area contributed by atoms with Crippen LogP contribution in [0.5, 0.6) is 0 Å². The smallest absolute Gasteiger partial charge is 0.226 e. The topological polar surface area (TPSA) is 29.5 Å². The normalized spacial score (nSPS) is 15.6. The minimum atomic E-state index is 0.232. The van der Waals surface area contributed by atoms with Gasteiger partial charge in [0.15, 0.2) is 0 Å². The lowest BCUT2D eigenvalue weighted by atomic mass is 9.97. The molecule has 1 fully saturated rings. The summed E-state index contributed by atoms with van der Waals surface area (Å²) in [6, 6.07) is 14.6. The number of piperidine rings is 1. The Labute approximate surface area is 143 Å². The Kier molecular flexibility index (Phi) is 5.65. The number of carbonyl (C=O) groups excluding carboxylic acids is 1. The van der Waals surface area contributed by atoms with Gasteiger partial charge in [-0.05, 0) is 35.1 Å². The van der Waals surface area contributed by atoms with Crippen LogP contribution in [0, 0.1) is 5.92 Å². The number of rotatable bonds is 6. The standard InChI is InChI=1S/C21H25NO2/c1-2-13-24-16-17-9-11-22(12-10-17)21(23)15-18-7-8-19-5-3-4-6-20(19)14-18/h2-8,14,17H,1,9-13,15-16H2. The molecule has 1 amide bonds. The fourth-order valence-electron chi connectivity index (χ4n) is 3.30. The van der Waals surface area contributed by atoms with Crippen LogP contribution in [0.2, 0.25) is 0 Å². The Morgan fingerprint density at radius 3 is 2.67 bits per heavy atom. The number of benzene rings is 2. The van der Waals surface area contributed by atoms with Crippen molar-refractivity contribution in [2.45, 2.75) is 19.3 Å². The van der Waals surface area contributed by atoms with E-state index < -0.39 is 0 Å². The molecule has 1 aliphatic heterocycles. The maximum Gasteiger partial charge on any atom is 0.226 e. The second-order valence-electron chi connectivity index (χ2n) is 6.51. The molecule has 0 bridgehead atoms. The molecular formula is C21H25NO2. The fourth-order valence-corrected chi connectivity index (χ4v) is 3.30. The zero-order chi connectivity index (χ0) is 16.8. The minimum absolute atomic E-state index is 0.232. The summed E-state index contributed by atoms with van der Waals surface area (Å²) in [5, 5.41) is 2.41. The summed E-state index contributed by atoms with van der Waals surface area (Å²) in [6.07, 6.45) is 4.33. The second-order valence-corrected chi connectivity index (χ2v) is 6.51. The first-order chi connectivity index (χ1) is 11.8. The highest BCUT2D eigenvalue weighted by Crippen LogP contribution is 2.20. The van der Waals surface area contributed by atoms with Gasteiger partial charge in [-0.2, -0.15) is 0 Å². The van der Waals surface area contributed by atoms with E-state index in [2.05, 4.69) is 36.9 Å². The van der Waals surface area contributed by atoms with Crippen molar-refractivity contribution in [1.29, 1.82) is 0 Å². The maximum atomic E-state index is 12.6. The van der Waals surface area contributed by atoms with Crippen LogP contribution in [0.15, 0.2) is 55.1 Å². The monoisotopic (exact) mass is 323 g/mol. The van der Waals surface area contributed by atoms with Crippen LogP contribution >= 0.6 is 0 Å². The zero-order valence-electron chi connectivity index (χ0n) is 14.1. The molecule has 0 N–H and O–H groups in total. The van der Waals surface area contributed by atoms with Crippen molar-refractivity contribution in [3.05, 3.63) is 60.7 Å². The number of fused-ring (bicyclic) bond motifs is 1. The SMILES string of the molecule is C=CCOCC1CCN(C(=O)Cc2ccc3ccccc3c2)CC1. The third-order valence-corrected chi connectivity index (χ3v) is 4.73. The molecule has 1 saturated heterocycles. The summed E-state index contributed by atoms with van der Waals surface area (Å²) in [5.41, 5.74) is 1.09. The molecule has 3 rings (SSSR count). The Morgan fingerprint density at radius 2 is 1.92 bits per heavy atom. The number of ether oxygens (including phenoxy) is 1. The molecular weight excluding hydrogens is 298 g/mol. The van der Waals surface area contributed by atoms with Crippen molar-refractivity contribution in [3.63, 3.8) is 0 Å². The van der Waals surface area contributed by atoms with Crippen molar-refractivity contribution >= 4 is 16.7 Å². The summed E-state index contributed by atoms with van der Waals surface area (Å²) in [5.74, 6) is 0.797. The predicted molar refractivity (Wildman–Crippen MR) is 98.0 cm³/mol. The third-order valence-electron chi connectivity index (χ3n) is 4.73. The van der Waals surface area contributed by atoms with Crippen LogP contribution in [0.25, 0.3) is 10.8 Å². The number of carbonyl (C=O) groups is 1. The van der Waals surface area contributed by atoms with Gasteiger partial charge in [-0.25, -0.2) is 0 Å². The van der Waals surface area contributed by atoms with Crippen LogP contribution in [0.3, 0.4) is 0 Å². The van der Waals surface area contributed by atoms with E-state index in [4.69, 9.17) is 4.74 Å². The number of hydrogen-bond donors (Lipinski definition) is 0. The highest BCUT2D eigenvalue weighted by atomic mass is 16.5. The van der Waals surface area contributed by atoms with Crippen molar-refractivity contribution < 1.29 is 9.53 Å². The molecule has 0 radical (unpaired) electrons.